The van der Waals surface area contributed by atoms with Gasteiger partial charge in [-0.2, -0.15) is 0 Å². The molecule has 0 aliphatic carbocycles. The predicted molar refractivity (Wildman–Crippen MR) is 108 cm³/mol. The molecule has 3 N–H and O–H groups in total. The number of pyridine rings is 1. The van der Waals surface area contributed by atoms with Crippen molar-refractivity contribution in [3.63, 3.8) is 0 Å². The standard InChI is InChI=1S/C21H26N4O3/c1-14(22-2)19(26)24-17-10-8-16-9-11-18(25(16)21(17)28)20(27)23-13-12-15-6-4-3-5-7-15/h3-8,10,14,18,22H,9,11-13H2,1-2H3,(H,23,27)(H,24,26)/t14-,18-/m0/s1. The summed E-state index contributed by atoms with van der Waals surface area (Å²) in [5.41, 5.74) is 1.82. The number of aromatic nitrogens is 1. The van der Waals surface area contributed by atoms with Crippen LogP contribution in [0.25, 0.3) is 0 Å². The van der Waals surface area contributed by atoms with Gasteiger partial charge in [-0.05, 0) is 50.9 Å². The summed E-state index contributed by atoms with van der Waals surface area (Å²) in [7, 11) is 1.68. The highest BCUT2D eigenvalue weighted by atomic mass is 16.2. The highest BCUT2D eigenvalue weighted by Crippen LogP contribution is 2.24. The van der Waals surface area contributed by atoms with Crippen LogP contribution in [0.1, 0.15) is 30.6 Å². The minimum Gasteiger partial charge on any atom is -0.354 e. The second-order valence-corrected chi connectivity index (χ2v) is 6.99. The molecule has 0 saturated carbocycles. The van der Waals surface area contributed by atoms with Gasteiger partial charge in [0.25, 0.3) is 5.56 Å². The number of fused-ring (bicyclic) bond motifs is 1. The third-order valence-electron chi connectivity index (χ3n) is 5.13. The van der Waals surface area contributed by atoms with Crippen molar-refractivity contribution in [2.75, 3.05) is 18.9 Å². The largest absolute Gasteiger partial charge is 0.354 e. The number of hydrogen-bond donors (Lipinski definition) is 3. The van der Waals surface area contributed by atoms with Gasteiger partial charge in [-0.15, -0.1) is 0 Å². The van der Waals surface area contributed by atoms with Crippen molar-refractivity contribution in [3.8, 4) is 0 Å². The lowest BCUT2D eigenvalue weighted by atomic mass is 10.1. The van der Waals surface area contributed by atoms with Crippen molar-refractivity contribution in [2.24, 2.45) is 0 Å². The van der Waals surface area contributed by atoms with E-state index in [0.717, 1.165) is 17.7 Å². The summed E-state index contributed by atoms with van der Waals surface area (Å²) in [5, 5.41) is 8.42. The number of carbonyl (C=O) groups is 2. The zero-order valence-corrected chi connectivity index (χ0v) is 16.2. The van der Waals surface area contributed by atoms with Crippen LogP contribution in [0.5, 0.6) is 0 Å². The summed E-state index contributed by atoms with van der Waals surface area (Å²) in [6.07, 6.45) is 1.98. The van der Waals surface area contributed by atoms with Gasteiger partial charge >= 0.3 is 0 Å². The highest BCUT2D eigenvalue weighted by molar-refractivity contribution is 5.94. The van der Waals surface area contributed by atoms with Gasteiger partial charge in [0.05, 0.1) is 6.04 Å². The van der Waals surface area contributed by atoms with E-state index in [1.165, 1.54) is 4.57 Å². The molecule has 148 valence electrons. The van der Waals surface area contributed by atoms with Gasteiger partial charge in [0.2, 0.25) is 11.8 Å². The predicted octanol–water partition coefficient (Wildman–Crippen LogP) is 1.24. The molecular weight excluding hydrogens is 356 g/mol. The van der Waals surface area contributed by atoms with Gasteiger partial charge in [0.15, 0.2) is 0 Å². The Morgan fingerprint density at radius 2 is 1.93 bits per heavy atom. The summed E-state index contributed by atoms with van der Waals surface area (Å²) in [6.45, 7) is 2.23. The van der Waals surface area contributed by atoms with Crippen molar-refractivity contribution in [1.82, 2.24) is 15.2 Å². The number of nitrogens with zero attached hydrogens (tertiary/aromatic N) is 1. The van der Waals surface area contributed by atoms with Crippen molar-refractivity contribution < 1.29 is 9.59 Å². The monoisotopic (exact) mass is 382 g/mol. The average molecular weight is 382 g/mol. The third-order valence-corrected chi connectivity index (χ3v) is 5.13. The quantitative estimate of drug-likeness (QED) is 0.672. The smallest absolute Gasteiger partial charge is 0.275 e. The van der Waals surface area contributed by atoms with Crippen LogP contribution in [0.4, 0.5) is 5.69 Å². The maximum atomic E-state index is 12.9. The zero-order chi connectivity index (χ0) is 20.1. The first-order valence-corrected chi connectivity index (χ1v) is 9.55. The van der Waals surface area contributed by atoms with E-state index >= 15 is 0 Å². The molecule has 3 rings (SSSR count). The summed E-state index contributed by atoms with van der Waals surface area (Å²) < 4.78 is 1.51. The maximum absolute atomic E-state index is 12.9. The molecule has 28 heavy (non-hydrogen) atoms. The molecule has 2 amide bonds. The van der Waals surface area contributed by atoms with E-state index in [2.05, 4.69) is 16.0 Å². The molecule has 7 nitrogen and oxygen atoms in total. The van der Waals surface area contributed by atoms with Crippen LogP contribution in [0.3, 0.4) is 0 Å². The summed E-state index contributed by atoms with van der Waals surface area (Å²) >= 11 is 0. The van der Waals surface area contributed by atoms with Crippen LogP contribution in [-0.2, 0) is 22.4 Å². The van der Waals surface area contributed by atoms with E-state index < -0.39 is 12.1 Å². The third kappa shape index (κ3) is 4.31. The minimum absolute atomic E-state index is 0.163. The van der Waals surface area contributed by atoms with Gasteiger partial charge in [0, 0.05) is 12.2 Å². The normalized spacial score (nSPS) is 16.3. The number of carbonyl (C=O) groups excluding carboxylic acids is 2. The first kappa shape index (κ1) is 19.8. The molecule has 2 heterocycles. The van der Waals surface area contributed by atoms with E-state index in [4.69, 9.17) is 0 Å². The van der Waals surface area contributed by atoms with Gasteiger partial charge < -0.3 is 16.0 Å². The number of nitrogens with one attached hydrogen (secondary N) is 3. The van der Waals surface area contributed by atoms with E-state index in [-0.39, 0.29) is 23.1 Å². The number of hydrogen-bond acceptors (Lipinski definition) is 4. The molecule has 2 atom stereocenters. The average Bonchev–Trinajstić information content (AvgIpc) is 3.15. The zero-order valence-electron chi connectivity index (χ0n) is 16.2. The van der Waals surface area contributed by atoms with Crippen molar-refractivity contribution in [1.29, 1.82) is 0 Å². The Morgan fingerprint density at radius 1 is 1.18 bits per heavy atom. The summed E-state index contributed by atoms with van der Waals surface area (Å²) in [6, 6.07) is 12.4. The topological polar surface area (TPSA) is 92.2 Å². The second kappa shape index (κ2) is 8.84. The Labute approximate surface area is 164 Å². The molecule has 0 spiro atoms. The molecule has 0 unspecified atom stereocenters. The fourth-order valence-electron chi connectivity index (χ4n) is 3.36. The molecule has 1 aromatic carbocycles. The Hall–Kier alpha value is -2.93. The molecular formula is C21H26N4O3. The molecule has 1 aliphatic heterocycles. The fourth-order valence-corrected chi connectivity index (χ4v) is 3.36. The molecule has 7 heteroatoms. The highest BCUT2D eigenvalue weighted by Gasteiger charge is 2.30. The first-order valence-electron chi connectivity index (χ1n) is 9.55. The Balaban J connectivity index is 1.69. The number of anilines is 1. The van der Waals surface area contributed by atoms with Crippen LogP contribution in [-0.4, -0.2) is 36.0 Å². The lowest BCUT2D eigenvalue weighted by Crippen LogP contribution is -2.39. The minimum atomic E-state index is -0.545. The van der Waals surface area contributed by atoms with Crippen LogP contribution in [0.15, 0.2) is 47.3 Å². The van der Waals surface area contributed by atoms with Gasteiger partial charge in [-0.1, -0.05) is 30.3 Å². The molecule has 1 aliphatic rings. The lowest BCUT2D eigenvalue weighted by molar-refractivity contribution is -0.124. The number of likely N-dealkylation sites (N-methyl/N-ethyl adjacent to an activating group) is 1. The van der Waals surface area contributed by atoms with Gasteiger partial charge in [-0.3, -0.25) is 19.0 Å². The molecule has 0 saturated heterocycles. The van der Waals surface area contributed by atoms with Crippen molar-refractivity contribution in [3.05, 3.63) is 64.1 Å². The van der Waals surface area contributed by atoms with Crippen LogP contribution in [0.2, 0.25) is 0 Å². The second-order valence-electron chi connectivity index (χ2n) is 6.99. The van der Waals surface area contributed by atoms with E-state index in [1.807, 2.05) is 30.3 Å². The summed E-state index contributed by atoms with van der Waals surface area (Å²) in [4.78, 5) is 37.6. The number of rotatable bonds is 7. The Kier molecular flexibility index (Phi) is 6.26. The number of aryl methyl sites for hydroxylation is 1. The van der Waals surface area contributed by atoms with E-state index in [0.29, 0.717) is 19.4 Å². The first-order chi connectivity index (χ1) is 13.5. The van der Waals surface area contributed by atoms with Crippen LogP contribution < -0.4 is 21.5 Å². The van der Waals surface area contributed by atoms with E-state index in [9.17, 15) is 14.4 Å². The molecule has 0 bridgehead atoms. The Morgan fingerprint density at radius 3 is 2.64 bits per heavy atom. The number of benzene rings is 1. The van der Waals surface area contributed by atoms with Crippen molar-refractivity contribution in [2.45, 2.75) is 38.3 Å². The van der Waals surface area contributed by atoms with Crippen LogP contribution in [0, 0.1) is 0 Å². The molecule has 0 radical (unpaired) electrons. The lowest BCUT2D eigenvalue weighted by Gasteiger charge is -2.17. The number of amides is 2. The van der Waals surface area contributed by atoms with Gasteiger partial charge in [-0.25, -0.2) is 0 Å². The SMILES string of the molecule is CN[C@@H](C)C(=O)Nc1ccc2n(c1=O)[C@H](C(=O)NCCc1ccccc1)CC2. The van der Waals surface area contributed by atoms with Crippen LogP contribution >= 0.6 is 0 Å². The maximum Gasteiger partial charge on any atom is 0.275 e. The Bertz CT molecular complexity index is 908. The van der Waals surface area contributed by atoms with Crippen molar-refractivity contribution >= 4 is 17.5 Å². The molecule has 0 fully saturated rings. The van der Waals surface area contributed by atoms with E-state index in [1.54, 1.807) is 26.1 Å². The molecule has 1 aromatic heterocycles. The summed E-state index contributed by atoms with van der Waals surface area (Å²) in [5.74, 6) is -0.453. The molecule has 2 aromatic rings. The fraction of sp³-hybridized carbons (Fsp3) is 0.381. The van der Waals surface area contributed by atoms with Gasteiger partial charge in [0.1, 0.15) is 11.7 Å².